The summed E-state index contributed by atoms with van der Waals surface area (Å²) in [6, 6.07) is 9.80. The van der Waals surface area contributed by atoms with Crippen molar-refractivity contribution >= 4 is 5.91 Å². The molecule has 1 heterocycles. The van der Waals surface area contributed by atoms with Gasteiger partial charge in [0, 0.05) is 5.56 Å². The van der Waals surface area contributed by atoms with Crippen molar-refractivity contribution in [3.05, 3.63) is 35.9 Å². The van der Waals surface area contributed by atoms with Crippen LogP contribution in [-0.2, 0) is 4.79 Å². The second-order valence-corrected chi connectivity index (χ2v) is 3.41. The molecule has 0 saturated carbocycles. The standard InChI is InChI=1S/C12H11NO/c1-9-11(13-12(9)14)8-7-10-5-3-2-4-6-10/h2-6,9,11H,1H3,(H,13,14)/t9-,11-/m0/s1. The molecule has 1 aromatic carbocycles. The number of carbonyl (C=O) groups excluding carboxylic acids is 1. The van der Waals surface area contributed by atoms with Crippen LogP contribution in [0, 0.1) is 17.8 Å². The van der Waals surface area contributed by atoms with E-state index in [1.54, 1.807) is 0 Å². The second-order valence-electron chi connectivity index (χ2n) is 3.41. The molecule has 1 amide bonds. The van der Waals surface area contributed by atoms with E-state index in [4.69, 9.17) is 0 Å². The van der Waals surface area contributed by atoms with Gasteiger partial charge in [-0.3, -0.25) is 4.79 Å². The fraction of sp³-hybridized carbons (Fsp3) is 0.250. The van der Waals surface area contributed by atoms with Crippen molar-refractivity contribution in [2.24, 2.45) is 5.92 Å². The normalized spacial score (nSPS) is 24.2. The third-order valence-corrected chi connectivity index (χ3v) is 2.36. The summed E-state index contributed by atoms with van der Waals surface area (Å²) in [6.45, 7) is 1.89. The lowest BCUT2D eigenvalue weighted by atomic mass is 9.93. The maximum Gasteiger partial charge on any atom is 0.226 e. The van der Waals surface area contributed by atoms with E-state index >= 15 is 0 Å². The predicted molar refractivity (Wildman–Crippen MR) is 54.4 cm³/mol. The molecule has 0 aromatic heterocycles. The van der Waals surface area contributed by atoms with E-state index in [1.165, 1.54) is 0 Å². The summed E-state index contributed by atoms with van der Waals surface area (Å²) in [7, 11) is 0. The number of rotatable bonds is 0. The molecule has 0 spiro atoms. The summed E-state index contributed by atoms with van der Waals surface area (Å²) < 4.78 is 0. The molecular formula is C12H11NO. The molecule has 0 radical (unpaired) electrons. The Bertz CT molecular complexity index is 399. The molecule has 1 aliphatic rings. The third kappa shape index (κ3) is 1.62. The predicted octanol–water partition coefficient (Wildman–Crippen LogP) is 1.17. The van der Waals surface area contributed by atoms with Crippen LogP contribution >= 0.6 is 0 Å². The van der Waals surface area contributed by atoms with Gasteiger partial charge in [0.25, 0.3) is 0 Å². The first kappa shape index (κ1) is 8.83. The molecule has 2 nitrogen and oxygen atoms in total. The lowest BCUT2D eigenvalue weighted by Crippen LogP contribution is -2.55. The highest BCUT2D eigenvalue weighted by Gasteiger charge is 2.33. The fourth-order valence-corrected chi connectivity index (χ4v) is 1.31. The van der Waals surface area contributed by atoms with Crippen LogP contribution in [0.5, 0.6) is 0 Å². The Labute approximate surface area is 83.3 Å². The van der Waals surface area contributed by atoms with Gasteiger partial charge in [0.1, 0.15) is 6.04 Å². The Morgan fingerprint density at radius 2 is 2.00 bits per heavy atom. The fourth-order valence-electron chi connectivity index (χ4n) is 1.31. The maximum absolute atomic E-state index is 10.9. The molecule has 2 atom stereocenters. The molecule has 70 valence electrons. The number of hydrogen-bond acceptors (Lipinski definition) is 1. The lowest BCUT2D eigenvalue weighted by molar-refractivity contribution is -0.132. The molecule has 2 rings (SSSR count). The summed E-state index contributed by atoms with van der Waals surface area (Å²) >= 11 is 0. The number of hydrogen-bond donors (Lipinski definition) is 1. The average molecular weight is 185 g/mol. The highest BCUT2D eigenvalue weighted by Crippen LogP contribution is 2.12. The minimum absolute atomic E-state index is 0.0303. The monoisotopic (exact) mass is 185 g/mol. The van der Waals surface area contributed by atoms with Crippen LogP contribution in [0.15, 0.2) is 30.3 Å². The van der Waals surface area contributed by atoms with E-state index in [-0.39, 0.29) is 17.9 Å². The van der Waals surface area contributed by atoms with Crippen LogP contribution in [0.3, 0.4) is 0 Å². The van der Waals surface area contributed by atoms with Gasteiger partial charge in [0.2, 0.25) is 5.91 Å². The molecular weight excluding hydrogens is 174 g/mol. The average Bonchev–Trinajstić information content (AvgIpc) is 2.25. The zero-order valence-electron chi connectivity index (χ0n) is 7.95. The molecule has 0 aliphatic carbocycles. The summed E-state index contributed by atoms with van der Waals surface area (Å²) in [5, 5.41) is 2.75. The van der Waals surface area contributed by atoms with Crippen molar-refractivity contribution in [2.75, 3.05) is 0 Å². The van der Waals surface area contributed by atoms with Crippen molar-refractivity contribution in [3.8, 4) is 11.8 Å². The van der Waals surface area contributed by atoms with E-state index in [2.05, 4.69) is 17.2 Å². The van der Waals surface area contributed by atoms with Gasteiger partial charge in [-0.05, 0) is 12.1 Å². The summed E-state index contributed by atoms with van der Waals surface area (Å²) in [6.07, 6.45) is 0. The van der Waals surface area contributed by atoms with Gasteiger partial charge in [-0.25, -0.2) is 0 Å². The quantitative estimate of drug-likeness (QED) is 0.477. The summed E-state index contributed by atoms with van der Waals surface area (Å²) in [5.41, 5.74) is 0.987. The van der Waals surface area contributed by atoms with Crippen molar-refractivity contribution < 1.29 is 4.79 Å². The van der Waals surface area contributed by atoms with Crippen LogP contribution in [0.25, 0.3) is 0 Å². The number of β-lactam (4-membered cyclic amide) rings is 1. The van der Waals surface area contributed by atoms with Crippen LogP contribution < -0.4 is 5.32 Å². The zero-order valence-corrected chi connectivity index (χ0v) is 7.95. The van der Waals surface area contributed by atoms with Crippen molar-refractivity contribution in [3.63, 3.8) is 0 Å². The molecule has 14 heavy (non-hydrogen) atoms. The second kappa shape index (κ2) is 3.55. The van der Waals surface area contributed by atoms with Gasteiger partial charge < -0.3 is 5.32 Å². The molecule has 2 heteroatoms. The van der Waals surface area contributed by atoms with Crippen LogP contribution in [0.4, 0.5) is 0 Å². The van der Waals surface area contributed by atoms with Gasteiger partial charge in [-0.2, -0.15) is 0 Å². The molecule has 1 aromatic rings. The van der Waals surface area contributed by atoms with Gasteiger partial charge in [-0.15, -0.1) is 0 Å². The largest absolute Gasteiger partial charge is 0.341 e. The highest BCUT2D eigenvalue weighted by molar-refractivity contribution is 5.86. The summed E-state index contributed by atoms with van der Waals surface area (Å²) in [4.78, 5) is 10.9. The van der Waals surface area contributed by atoms with Crippen LogP contribution in [-0.4, -0.2) is 11.9 Å². The Morgan fingerprint density at radius 1 is 1.29 bits per heavy atom. The maximum atomic E-state index is 10.9. The molecule has 1 saturated heterocycles. The minimum atomic E-state index is 0.0303. The Kier molecular flexibility index (Phi) is 2.24. The zero-order chi connectivity index (χ0) is 9.97. The Balaban J connectivity index is 2.05. The molecule has 0 unspecified atom stereocenters. The third-order valence-electron chi connectivity index (χ3n) is 2.36. The van der Waals surface area contributed by atoms with Gasteiger partial charge in [0.15, 0.2) is 0 Å². The van der Waals surface area contributed by atoms with Crippen molar-refractivity contribution in [1.82, 2.24) is 5.32 Å². The first-order valence-electron chi connectivity index (χ1n) is 4.64. The number of carbonyl (C=O) groups is 1. The van der Waals surface area contributed by atoms with Gasteiger partial charge in [0.05, 0.1) is 5.92 Å². The van der Waals surface area contributed by atoms with Crippen molar-refractivity contribution in [2.45, 2.75) is 13.0 Å². The minimum Gasteiger partial charge on any atom is -0.341 e. The lowest BCUT2D eigenvalue weighted by Gasteiger charge is -2.29. The topological polar surface area (TPSA) is 29.1 Å². The Hall–Kier alpha value is -1.75. The number of amides is 1. The number of benzene rings is 1. The molecule has 1 N–H and O–H groups in total. The van der Waals surface area contributed by atoms with E-state index in [0.717, 1.165) is 5.56 Å². The molecule has 1 aliphatic heterocycles. The highest BCUT2D eigenvalue weighted by atomic mass is 16.2. The van der Waals surface area contributed by atoms with E-state index in [9.17, 15) is 4.79 Å². The number of nitrogens with one attached hydrogen (secondary N) is 1. The van der Waals surface area contributed by atoms with Crippen LogP contribution in [0.2, 0.25) is 0 Å². The van der Waals surface area contributed by atoms with E-state index < -0.39 is 0 Å². The van der Waals surface area contributed by atoms with Crippen molar-refractivity contribution in [1.29, 1.82) is 0 Å². The first-order valence-corrected chi connectivity index (χ1v) is 4.64. The van der Waals surface area contributed by atoms with Gasteiger partial charge >= 0.3 is 0 Å². The SMILES string of the molecule is C[C@@H]1C(=O)N[C@H]1C#Cc1ccccc1. The van der Waals surface area contributed by atoms with E-state index in [1.807, 2.05) is 37.3 Å². The van der Waals surface area contributed by atoms with Gasteiger partial charge in [-0.1, -0.05) is 37.0 Å². The summed E-state index contributed by atoms with van der Waals surface area (Å²) in [5.74, 6) is 6.19. The Morgan fingerprint density at radius 3 is 2.57 bits per heavy atom. The van der Waals surface area contributed by atoms with E-state index in [0.29, 0.717) is 0 Å². The molecule has 1 fully saturated rings. The smallest absolute Gasteiger partial charge is 0.226 e. The first-order chi connectivity index (χ1) is 6.77. The van der Waals surface area contributed by atoms with Crippen LogP contribution in [0.1, 0.15) is 12.5 Å². The molecule has 0 bridgehead atoms.